The van der Waals surface area contributed by atoms with Gasteiger partial charge in [0.25, 0.3) is 0 Å². The number of aromatic nitrogens is 3. The van der Waals surface area contributed by atoms with Crippen LogP contribution in [0.4, 0.5) is 4.79 Å². The van der Waals surface area contributed by atoms with E-state index in [1.54, 1.807) is 24.9 Å². The standard InChI is InChI=1S/C19H27N5O4/c1-27-15-8-7-14(12-16(15)28-2)13-21-18(25)20-9-5-11-24-19(26)23-10-4-3-6-17(23)22-24/h7-8,12H,3-6,9-11,13H2,1-2H3,(H2,20,21,25). The van der Waals surface area contributed by atoms with Gasteiger partial charge in [0.05, 0.1) is 14.2 Å². The number of methoxy groups -OCH3 is 2. The van der Waals surface area contributed by atoms with Crippen LogP contribution in [0.3, 0.4) is 0 Å². The molecule has 9 nitrogen and oxygen atoms in total. The fraction of sp³-hybridized carbons (Fsp3) is 0.526. The van der Waals surface area contributed by atoms with E-state index in [2.05, 4.69) is 15.7 Å². The van der Waals surface area contributed by atoms with Gasteiger partial charge < -0.3 is 20.1 Å². The van der Waals surface area contributed by atoms with Crippen molar-refractivity contribution < 1.29 is 14.3 Å². The Labute approximate surface area is 163 Å². The van der Waals surface area contributed by atoms with Gasteiger partial charge in [-0.15, -0.1) is 0 Å². The summed E-state index contributed by atoms with van der Waals surface area (Å²) >= 11 is 0. The van der Waals surface area contributed by atoms with Gasteiger partial charge in [0, 0.05) is 32.6 Å². The van der Waals surface area contributed by atoms with Gasteiger partial charge in [-0.1, -0.05) is 6.07 Å². The number of nitrogens with zero attached hydrogens (tertiary/aromatic N) is 3. The Balaban J connectivity index is 1.40. The predicted octanol–water partition coefficient (Wildman–Crippen LogP) is 1.29. The van der Waals surface area contributed by atoms with Crippen LogP contribution >= 0.6 is 0 Å². The molecule has 0 bridgehead atoms. The minimum atomic E-state index is -0.258. The van der Waals surface area contributed by atoms with Crippen molar-refractivity contribution >= 4 is 6.03 Å². The number of rotatable bonds is 8. The van der Waals surface area contributed by atoms with Crippen molar-refractivity contribution in [2.45, 2.75) is 45.3 Å². The maximum atomic E-state index is 12.2. The van der Waals surface area contributed by atoms with Crippen molar-refractivity contribution in [2.24, 2.45) is 0 Å². The van der Waals surface area contributed by atoms with Crippen LogP contribution in [0.2, 0.25) is 0 Å². The monoisotopic (exact) mass is 389 g/mol. The Bertz CT molecular complexity index is 874. The van der Waals surface area contributed by atoms with E-state index < -0.39 is 0 Å². The summed E-state index contributed by atoms with van der Waals surface area (Å²) < 4.78 is 13.7. The molecule has 0 unspecified atom stereocenters. The molecule has 1 aliphatic rings. The number of hydrogen-bond acceptors (Lipinski definition) is 5. The van der Waals surface area contributed by atoms with E-state index in [0.29, 0.717) is 37.6 Å². The average Bonchev–Trinajstić information content (AvgIpc) is 3.05. The molecule has 0 saturated carbocycles. The predicted molar refractivity (Wildman–Crippen MR) is 104 cm³/mol. The first-order valence-corrected chi connectivity index (χ1v) is 9.51. The lowest BCUT2D eigenvalue weighted by atomic mass is 10.2. The van der Waals surface area contributed by atoms with Crippen molar-refractivity contribution in [3.63, 3.8) is 0 Å². The third-order valence-corrected chi connectivity index (χ3v) is 4.76. The van der Waals surface area contributed by atoms with Crippen molar-refractivity contribution in [3.8, 4) is 11.5 Å². The number of carbonyl (C=O) groups is 1. The second-order valence-corrected chi connectivity index (χ2v) is 6.68. The Hall–Kier alpha value is -2.97. The fourth-order valence-electron chi connectivity index (χ4n) is 3.26. The highest BCUT2D eigenvalue weighted by atomic mass is 16.5. The van der Waals surface area contributed by atoms with Crippen molar-refractivity contribution in [3.05, 3.63) is 40.1 Å². The molecule has 0 radical (unpaired) electrons. The summed E-state index contributed by atoms with van der Waals surface area (Å²) in [4.78, 5) is 24.2. The van der Waals surface area contributed by atoms with Gasteiger partial charge >= 0.3 is 11.7 Å². The smallest absolute Gasteiger partial charge is 0.345 e. The lowest BCUT2D eigenvalue weighted by molar-refractivity contribution is 0.240. The number of aryl methyl sites for hydroxylation is 2. The quantitative estimate of drug-likeness (QED) is 0.663. The Kier molecular flexibility index (Phi) is 6.57. The summed E-state index contributed by atoms with van der Waals surface area (Å²) in [6, 6.07) is 5.24. The van der Waals surface area contributed by atoms with Gasteiger partial charge in [0.15, 0.2) is 11.5 Å². The lowest BCUT2D eigenvalue weighted by Crippen LogP contribution is -2.36. The van der Waals surface area contributed by atoms with Crippen LogP contribution in [0.15, 0.2) is 23.0 Å². The fourth-order valence-corrected chi connectivity index (χ4v) is 3.26. The largest absolute Gasteiger partial charge is 0.493 e. The topological polar surface area (TPSA) is 99.4 Å². The Morgan fingerprint density at radius 3 is 2.75 bits per heavy atom. The van der Waals surface area contributed by atoms with E-state index in [1.807, 2.05) is 12.1 Å². The van der Waals surface area contributed by atoms with Gasteiger partial charge in [-0.25, -0.2) is 14.3 Å². The Morgan fingerprint density at radius 2 is 2.00 bits per heavy atom. The summed E-state index contributed by atoms with van der Waals surface area (Å²) in [5.41, 5.74) is 0.857. The summed E-state index contributed by atoms with van der Waals surface area (Å²) in [7, 11) is 3.15. The second kappa shape index (κ2) is 9.29. The molecule has 2 aromatic rings. The summed E-state index contributed by atoms with van der Waals surface area (Å²) in [5.74, 6) is 2.14. The molecule has 0 fully saturated rings. The van der Waals surface area contributed by atoms with Crippen LogP contribution in [-0.2, 0) is 26.1 Å². The maximum Gasteiger partial charge on any atom is 0.345 e. The molecule has 9 heteroatoms. The van der Waals surface area contributed by atoms with Crippen LogP contribution in [-0.4, -0.2) is 41.1 Å². The van der Waals surface area contributed by atoms with E-state index in [9.17, 15) is 9.59 Å². The number of benzene rings is 1. The second-order valence-electron chi connectivity index (χ2n) is 6.68. The highest BCUT2D eigenvalue weighted by Gasteiger charge is 2.16. The van der Waals surface area contributed by atoms with Crippen molar-refractivity contribution in [1.29, 1.82) is 0 Å². The van der Waals surface area contributed by atoms with Gasteiger partial charge in [-0.2, -0.15) is 5.10 Å². The Morgan fingerprint density at radius 1 is 1.18 bits per heavy atom. The van der Waals surface area contributed by atoms with Crippen LogP contribution in [0, 0.1) is 0 Å². The number of hydrogen-bond donors (Lipinski definition) is 2. The number of fused-ring (bicyclic) bond motifs is 1. The van der Waals surface area contributed by atoms with E-state index in [4.69, 9.17) is 9.47 Å². The van der Waals surface area contributed by atoms with Crippen LogP contribution in [0.5, 0.6) is 11.5 Å². The first-order valence-electron chi connectivity index (χ1n) is 9.51. The minimum Gasteiger partial charge on any atom is -0.493 e. The highest BCUT2D eigenvalue weighted by Crippen LogP contribution is 2.27. The van der Waals surface area contributed by atoms with E-state index in [-0.39, 0.29) is 11.7 Å². The third-order valence-electron chi connectivity index (χ3n) is 4.76. The molecule has 1 aliphatic heterocycles. The molecule has 152 valence electrons. The zero-order chi connectivity index (χ0) is 19.9. The van der Waals surface area contributed by atoms with Crippen LogP contribution in [0.1, 0.15) is 30.7 Å². The molecular weight excluding hydrogens is 362 g/mol. The molecule has 3 rings (SSSR count). The normalized spacial score (nSPS) is 12.9. The minimum absolute atomic E-state index is 0.0485. The SMILES string of the molecule is COc1ccc(CNC(=O)NCCCn2nc3n(c2=O)CCCC3)cc1OC. The number of amides is 2. The zero-order valence-corrected chi connectivity index (χ0v) is 16.4. The third kappa shape index (κ3) is 4.65. The number of urea groups is 1. The zero-order valence-electron chi connectivity index (χ0n) is 16.4. The molecule has 1 aromatic heterocycles. The molecule has 1 aromatic carbocycles. The molecule has 0 spiro atoms. The van der Waals surface area contributed by atoms with Gasteiger partial charge in [0.2, 0.25) is 0 Å². The van der Waals surface area contributed by atoms with E-state index in [0.717, 1.165) is 37.2 Å². The molecular formula is C19H27N5O4. The molecule has 0 aliphatic carbocycles. The molecule has 0 atom stereocenters. The van der Waals surface area contributed by atoms with E-state index >= 15 is 0 Å². The number of ether oxygens (including phenoxy) is 2. The molecule has 2 N–H and O–H groups in total. The molecule has 2 heterocycles. The molecule has 2 amide bonds. The highest BCUT2D eigenvalue weighted by molar-refractivity contribution is 5.73. The molecule has 28 heavy (non-hydrogen) atoms. The average molecular weight is 389 g/mol. The van der Waals surface area contributed by atoms with Crippen LogP contribution < -0.4 is 25.8 Å². The van der Waals surface area contributed by atoms with Gasteiger partial charge in [-0.05, 0) is 37.0 Å². The number of carbonyl (C=O) groups excluding carboxylic acids is 1. The maximum absolute atomic E-state index is 12.2. The molecule has 0 saturated heterocycles. The van der Waals surface area contributed by atoms with Crippen LogP contribution in [0.25, 0.3) is 0 Å². The van der Waals surface area contributed by atoms with Crippen molar-refractivity contribution in [2.75, 3.05) is 20.8 Å². The van der Waals surface area contributed by atoms with Crippen molar-refractivity contribution in [1.82, 2.24) is 25.0 Å². The first-order chi connectivity index (χ1) is 13.6. The van der Waals surface area contributed by atoms with E-state index in [1.165, 1.54) is 4.68 Å². The first kappa shape index (κ1) is 19.8. The summed E-state index contributed by atoms with van der Waals surface area (Å²) in [6.07, 6.45) is 3.61. The summed E-state index contributed by atoms with van der Waals surface area (Å²) in [6.45, 7) is 2.09. The number of nitrogens with one attached hydrogen (secondary N) is 2. The van der Waals surface area contributed by atoms with Gasteiger partial charge in [-0.3, -0.25) is 4.57 Å². The summed E-state index contributed by atoms with van der Waals surface area (Å²) in [5, 5.41) is 9.99. The lowest BCUT2D eigenvalue weighted by Gasteiger charge is -2.11. The van der Waals surface area contributed by atoms with Gasteiger partial charge in [0.1, 0.15) is 5.82 Å².